The summed E-state index contributed by atoms with van der Waals surface area (Å²) in [6.07, 6.45) is -5.85. The summed E-state index contributed by atoms with van der Waals surface area (Å²) in [5, 5.41) is 19.5. The van der Waals surface area contributed by atoms with Crippen molar-refractivity contribution in [1.29, 1.82) is 0 Å². The van der Waals surface area contributed by atoms with Gasteiger partial charge in [0.15, 0.2) is 12.1 Å². The van der Waals surface area contributed by atoms with Crippen molar-refractivity contribution >= 4 is 40.5 Å². The van der Waals surface area contributed by atoms with Gasteiger partial charge in [-0.15, -0.1) is 0 Å². The fourth-order valence-corrected chi connectivity index (χ4v) is 5.52. The first-order chi connectivity index (χ1) is 25.3. The molecule has 12 nitrogen and oxygen atoms in total. The lowest BCUT2D eigenvalue weighted by molar-refractivity contribution is -0.167. The zero-order chi connectivity index (χ0) is 37.9. The molecule has 1 aliphatic heterocycles. The van der Waals surface area contributed by atoms with Gasteiger partial charge in [0.1, 0.15) is 29.5 Å². The highest BCUT2D eigenvalue weighted by molar-refractivity contribution is 6.17. The molecule has 0 saturated carbocycles. The highest BCUT2D eigenvalue weighted by atomic mass is 19.4. The summed E-state index contributed by atoms with van der Waals surface area (Å²) in [5.74, 6) is -1.83. The molecule has 0 saturated heterocycles. The topological polar surface area (TPSA) is 140 Å². The molecule has 0 fully saturated rings. The second-order valence-electron chi connectivity index (χ2n) is 12.3. The number of rotatable bonds is 11. The van der Waals surface area contributed by atoms with Gasteiger partial charge in [-0.25, -0.2) is 0 Å². The molecule has 0 spiro atoms. The van der Waals surface area contributed by atoms with E-state index in [-0.39, 0.29) is 29.6 Å². The fourth-order valence-electron chi connectivity index (χ4n) is 5.52. The normalized spacial score (nSPS) is 14.8. The van der Waals surface area contributed by atoms with Crippen LogP contribution in [-0.2, 0) is 14.4 Å². The van der Waals surface area contributed by atoms with Gasteiger partial charge in [-0.05, 0) is 87.9 Å². The Hall–Kier alpha value is -6.51. The summed E-state index contributed by atoms with van der Waals surface area (Å²) in [6.45, 7) is 7.07. The summed E-state index contributed by atoms with van der Waals surface area (Å²) in [7, 11) is 0. The number of para-hydroxylation sites is 1. The van der Waals surface area contributed by atoms with Crippen LogP contribution < -0.4 is 25.1 Å². The van der Waals surface area contributed by atoms with Gasteiger partial charge in [0.25, 0.3) is 11.8 Å². The average molecular weight is 726 g/mol. The van der Waals surface area contributed by atoms with Crippen molar-refractivity contribution in [3.8, 4) is 22.8 Å². The van der Waals surface area contributed by atoms with E-state index in [2.05, 4.69) is 20.6 Å². The number of aryl methyl sites for hydroxylation is 3. The van der Waals surface area contributed by atoms with Crippen LogP contribution in [0.5, 0.6) is 11.5 Å². The molecule has 15 heteroatoms. The molecule has 1 aliphatic rings. The molecule has 6 rings (SSSR count). The van der Waals surface area contributed by atoms with E-state index >= 15 is 0 Å². The van der Waals surface area contributed by atoms with E-state index in [9.17, 15) is 27.6 Å². The van der Waals surface area contributed by atoms with Gasteiger partial charge in [-0.2, -0.15) is 38.3 Å². The van der Waals surface area contributed by atoms with E-state index in [1.54, 1.807) is 68.4 Å². The Balaban J connectivity index is 1.22. The third-order valence-electron chi connectivity index (χ3n) is 8.18. The van der Waals surface area contributed by atoms with Crippen molar-refractivity contribution in [2.45, 2.75) is 46.0 Å². The Morgan fingerprint density at radius 1 is 0.868 bits per heavy atom. The molecular formula is C38H34F3N7O5. The van der Waals surface area contributed by atoms with E-state index in [0.717, 1.165) is 11.1 Å². The van der Waals surface area contributed by atoms with Crippen LogP contribution in [0, 0.1) is 20.8 Å². The quantitative estimate of drug-likeness (QED) is 0.153. The van der Waals surface area contributed by atoms with Crippen LogP contribution in [0.1, 0.15) is 29.8 Å². The van der Waals surface area contributed by atoms with Crippen molar-refractivity contribution in [3.63, 3.8) is 0 Å². The first-order valence-corrected chi connectivity index (χ1v) is 16.4. The molecule has 272 valence electrons. The standard InChI is InChI=1S/C38H34F3N7O5/c1-22-13-18-32(23(2)19-22)53-25(4)35(49)42-27-14-16-29(17-15-27)47-36(50)34(31(45-47)21-52-30-11-6-5-7-12-30)48-44-24(3)33(46-48)26-9-8-10-28(20-26)43-37(51)38(39,40)41/h5-20,25,34H,21H2,1-4H3,(H,42,49)(H,43,51). The summed E-state index contributed by atoms with van der Waals surface area (Å²) in [4.78, 5) is 39.7. The number of nitrogens with one attached hydrogen (secondary N) is 2. The molecule has 53 heavy (non-hydrogen) atoms. The second-order valence-corrected chi connectivity index (χ2v) is 12.3. The van der Waals surface area contributed by atoms with Crippen molar-refractivity contribution in [2.75, 3.05) is 22.2 Å². The molecule has 4 aromatic carbocycles. The third-order valence-corrected chi connectivity index (χ3v) is 8.18. The summed E-state index contributed by atoms with van der Waals surface area (Å²) < 4.78 is 50.4. The molecule has 5 aromatic rings. The number of carbonyl (C=O) groups is 3. The van der Waals surface area contributed by atoms with Gasteiger partial charge in [-0.3, -0.25) is 14.4 Å². The summed E-state index contributed by atoms with van der Waals surface area (Å²) in [6, 6.07) is 25.7. The number of hydrogen-bond acceptors (Lipinski definition) is 8. The van der Waals surface area contributed by atoms with Crippen molar-refractivity contribution in [3.05, 3.63) is 114 Å². The van der Waals surface area contributed by atoms with Crippen LogP contribution in [-0.4, -0.2) is 57.3 Å². The van der Waals surface area contributed by atoms with Gasteiger partial charge in [0.05, 0.1) is 11.4 Å². The number of hydrogen-bond donors (Lipinski definition) is 2. The smallest absolute Gasteiger partial charge is 0.471 e. The van der Waals surface area contributed by atoms with Gasteiger partial charge in [0, 0.05) is 16.9 Å². The molecule has 1 aromatic heterocycles. The Morgan fingerprint density at radius 3 is 2.30 bits per heavy atom. The zero-order valence-electron chi connectivity index (χ0n) is 29.0. The number of aromatic nitrogens is 3. The van der Waals surface area contributed by atoms with E-state index in [0.29, 0.717) is 34.1 Å². The minimum atomic E-state index is -5.07. The second kappa shape index (κ2) is 15.0. The Labute approximate surface area is 302 Å². The lowest BCUT2D eigenvalue weighted by atomic mass is 10.1. The number of carbonyl (C=O) groups excluding carboxylic acids is 3. The monoisotopic (exact) mass is 725 g/mol. The maximum Gasteiger partial charge on any atom is 0.471 e. The van der Waals surface area contributed by atoms with E-state index < -0.39 is 30.1 Å². The first kappa shape index (κ1) is 36.3. The van der Waals surface area contributed by atoms with Gasteiger partial charge >= 0.3 is 12.1 Å². The molecule has 0 aliphatic carbocycles. The Kier molecular flexibility index (Phi) is 10.3. The van der Waals surface area contributed by atoms with E-state index in [1.165, 1.54) is 28.0 Å². The number of ether oxygens (including phenoxy) is 2. The summed E-state index contributed by atoms with van der Waals surface area (Å²) >= 11 is 0. The molecule has 2 N–H and O–H groups in total. The van der Waals surface area contributed by atoms with Crippen LogP contribution in [0.25, 0.3) is 11.3 Å². The number of anilines is 3. The predicted octanol–water partition coefficient (Wildman–Crippen LogP) is 6.80. The minimum Gasteiger partial charge on any atom is -0.487 e. The zero-order valence-corrected chi connectivity index (χ0v) is 29.0. The number of alkyl halides is 3. The Bertz CT molecular complexity index is 2190. The lowest BCUT2D eigenvalue weighted by Gasteiger charge is -2.17. The molecule has 2 atom stereocenters. The number of amides is 3. The number of hydrazone groups is 1. The average Bonchev–Trinajstić information content (AvgIpc) is 3.67. The van der Waals surface area contributed by atoms with E-state index in [1.807, 2.05) is 43.4 Å². The highest BCUT2D eigenvalue weighted by Gasteiger charge is 2.41. The van der Waals surface area contributed by atoms with Gasteiger partial charge in [-0.1, -0.05) is 48.0 Å². The maximum atomic E-state index is 14.0. The van der Waals surface area contributed by atoms with Gasteiger partial charge in [0.2, 0.25) is 0 Å². The molecule has 3 amide bonds. The maximum absolute atomic E-state index is 14.0. The highest BCUT2D eigenvalue weighted by Crippen LogP contribution is 2.31. The largest absolute Gasteiger partial charge is 0.487 e. The van der Waals surface area contributed by atoms with Crippen LogP contribution in [0.2, 0.25) is 0 Å². The van der Waals surface area contributed by atoms with Crippen molar-refractivity contribution in [1.82, 2.24) is 15.0 Å². The molecular weight excluding hydrogens is 691 g/mol. The molecule has 2 unspecified atom stereocenters. The first-order valence-electron chi connectivity index (χ1n) is 16.4. The van der Waals surface area contributed by atoms with Crippen LogP contribution >= 0.6 is 0 Å². The van der Waals surface area contributed by atoms with Crippen molar-refractivity contribution in [2.24, 2.45) is 5.10 Å². The molecule has 0 bridgehead atoms. The van der Waals surface area contributed by atoms with Crippen LogP contribution in [0.4, 0.5) is 30.2 Å². The molecule has 2 heterocycles. The van der Waals surface area contributed by atoms with Gasteiger partial charge < -0.3 is 20.1 Å². The number of benzene rings is 4. The Morgan fingerprint density at radius 2 is 1.60 bits per heavy atom. The fraction of sp³-hybridized carbons (Fsp3) is 0.211. The SMILES string of the molecule is Cc1ccc(OC(C)C(=O)Nc2ccc(N3N=C(COc4ccccc4)C(n4nc(C)c(-c5cccc(NC(=O)C(F)(F)F)c5)n4)C3=O)cc2)c(C)c1. The predicted molar refractivity (Wildman–Crippen MR) is 192 cm³/mol. The van der Waals surface area contributed by atoms with Crippen LogP contribution in [0.15, 0.2) is 102 Å². The third kappa shape index (κ3) is 8.35. The minimum absolute atomic E-state index is 0.0941. The summed E-state index contributed by atoms with van der Waals surface area (Å²) in [5.41, 5.74) is 4.05. The molecule has 0 radical (unpaired) electrons. The number of halogens is 3. The van der Waals surface area contributed by atoms with Crippen LogP contribution in [0.3, 0.4) is 0 Å². The lowest BCUT2D eigenvalue weighted by Crippen LogP contribution is -2.33. The van der Waals surface area contributed by atoms with Crippen molar-refractivity contribution < 1.29 is 37.0 Å². The van der Waals surface area contributed by atoms with E-state index in [4.69, 9.17) is 9.47 Å². The number of nitrogens with zero attached hydrogens (tertiary/aromatic N) is 5.